The van der Waals surface area contributed by atoms with Crippen molar-refractivity contribution in [2.75, 3.05) is 0 Å². The average Bonchev–Trinajstić information content (AvgIpc) is 2.72. The molecule has 16 heavy (non-hydrogen) atoms. The maximum Gasteiger partial charge on any atom is 0.228 e. The number of rotatable bonds is 2. The van der Waals surface area contributed by atoms with Crippen LogP contribution in [0, 0.1) is 0 Å². The predicted molar refractivity (Wildman–Crippen MR) is 63.3 cm³/mol. The summed E-state index contributed by atoms with van der Waals surface area (Å²) in [5, 5.41) is 3.18. The zero-order valence-electron chi connectivity index (χ0n) is 9.41. The van der Waals surface area contributed by atoms with Crippen LogP contribution in [-0.2, 0) is 11.2 Å². The normalized spacial score (nSPS) is 23.6. The summed E-state index contributed by atoms with van der Waals surface area (Å²) >= 11 is 0. The van der Waals surface area contributed by atoms with E-state index in [1.54, 1.807) is 0 Å². The minimum Gasteiger partial charge on any atom is -0.353 e. The highest BCUT2D eigenvalue weighted by atomic mass is 16.2. The topological polar surface area (TPSA) is 29.1 Å². The maximum atomic E-state index is 12.0. The second-order valence-electron chi connectivity index (χ2n) is 4.95. The molecule has 3 rings (SSSR count). The van der Waals surface area contributed by atoms with E-state index in [2.05, 4.69) is 17.4 Å². The summed E-state index contributed by atoms with van der Waals surface area (Å²) in [5.41, 5.74) is 2.58. The second-order valence-corrected chi connectivity index (χ2v) is 4.95. The van der Waals surface area contributed by atoms with E-state index >= 15 is 0 Å². The molecule has 0 aliphatic heterocycles. The molecule has 1 amide bonds. The summed E-state index contributed by atoms with van der Waals surface area (Å²) in [6, 6.07) is 8.71. The molecule has 1 aromatic carbocycles. The number of carbonyl (C=O) groups is 1. The highest BCUT2D eigenvalue weighted by Gasteiger charge is 2.32. The zero-order valence-corrected chi connectivity index (χ0v) is 9.41. The van der Waals surface area contributed by atoms with Gasteiger partial charge in [0.1, 0.15) is 0 Å². The molecule has 0 spiro atoms. The van der Waals surface area contributed by atoms with E-state index in [1.165, 1.54) is 36.8 Å². The zero-order chi connectivity index (χ0) is 11.0. The molecule has 2 heteroatoms. The smallest absolute Gasteiger partial charge is 0.228 e. The molecule has 2 nitrogen and oxygen atoms in total. The van der Waals surface area contributed by atoms with Gasteiger partial charge in [-0.3, -0.25) is 4.79 Å². The van der Waals surface area contributed by atoms with E-state index in [1.807, 2.05) is 12.1 Å². The van der Waals surface area contributed by atoms with Crippen LogP contribution in [0.3, 0.4) is 0 Å². The van der Waals surface area contributed by atoms with Gasteiger partial charge in [-0.1, -0.05) is 37.1 Å². The lowest BCUT2D eigenvalue weighted by Crippen LogP contribution is -2.40. The van der Waals surface area contributed by atoms with Gasteiger partial charge in [-0.2, -0.15) is 0 Å². The molecule has 1 atom stereocenters. The third-order valence-corrected chi connectivity index (χ3v) is 3.87. The molecule has 1 saturated carbocycles. The molecular weight excluding hydrogens is 198 g/mol. The third kappa shape index (κ3) is 1.62. The molecule has 1 aromatic rings. The third-order valence-electron chi connectivity index (χ3n) is 3.87. The summed E-state index contributed by atoms with van der Waals surface area (Å²) < 4.78 is 0. The molecule has 2 aliphatic carbocycles. The largest absolute Gasteiger partial charge is 0.353 e. The Morgan fingerprint density at radius 3 is 2.69 bits per heavy atom. The van der Waals surface area contributed by atoms with Crippen LogP contribution in [0.5, 0.6) is 0 Å². The number of carbonyl (C=O) groups excluding carboxylic acids is 1. The van der Waals surface area contributed by atoms with Gasteiger partial charge in [-0.05, 0) is 30.4 Å². The van der Waals surface area contributed by atoms with Crippen LogP contribution in [0.15, 0.2) is 24.3 Å². The minimum atomic E-state index is 0.122. The van der Waals surface area contributed by atoms with Gasteiger partial charge in [0.05, 0.1) is 5.92 Å². The number of nitrogens with one attached hydrogen (secondary N) is 1. The SMILES string of the molecule is O=C(NC1CCCC1)C1Cc2ccccc21. The second kappa shape index (κ2) is 3.93. The van der Waals surface area contributed by atoms with Gasteiger partial charge in [0.2, 0.25) is 5.91 Å². The lowest BCUT2D eigenvalue weighted by molar-refractivity contribution is -0.123. The van der Waals surface area contributed by atoms with E-state index in [-0.39, 0.29) is 11.8 Å². The lowest BCUT2D eigenvalue weighted by atomic mass is 9.77. The number of benzene rings is 1. The number of hydrogen-bond donors (Lipinski definition) is 1. The van der Waals surface area contributed by atoms with E-state index in [0.717, 1.165) is 6.42 Å². The van der Waals surface area contributed by atoms with Crippen LogP contribution in [-0.4, -0.2) is 11.9 Å². The molecule has 0 aromatic heterocycles. The molecule has 0 bridgehead atoms. The molecule has 0 radical (unpaired) electrons. The maximum absolute atomic E-state index is 12.0. The monoisotopic (exact) mass is 215 g/mol. The van der Waals surface area contributed by atoms with Crippen LogP contribution in [0.25, 0.3) is 0 Å². The summed E-state index contributed by atoms with van der Waals surface area (Å²) in [4.78, 5) is 12.0. The molecular formula is C14H17NO. The predicted octanol–water partition coefficient (Wildman–Crippen LogP) is 2.39. The fraction of sp³-hybridized carbons (Fsp3) is 0.500. The van der Waals surface area contributed by atoms with Crippen molar-refractivity contribution >= 4 is 5.91 Å². The van der Waals surface area contributed by atoms with E-state index < -0.39 is 0 Å². The van der Waals surface area contributed by atoms with Crippen molar-refractivity contribution in [3.8, 4) is 0 Å². The average molecular weight is 215 g/mol. The highest BCUT2D eigenvalue weighted by molar-refractivity contribution is 5.87. The molecule has 2 aliphatic rings. The summed E-state index contributed by atoms with van der Waals surface area (Å²) in [6.45, 7) is 0. The van der Waals surface area contributed by atoms with Crippen LogP contribution < -0.4 is 5.32 Å². The van der Waals surface area contributed by atoms with Gasteiger partial charge in [0, 0.05) is 6.04 Å². The van der Waals surface area contributed by atoms with Gasteiger partial charge in [0.15, 0.2) is 0 Å². The van der Waals surface area contributed by atoms with Gasteiger partial charge in [0.25, 0.3) is 0 Å². The molecule has 84 valence electrons. The Labute approximate surface area is 96.1 Å². The number of hydrogen-bond acceptors (Lipinski definition) is 1. The summed E-state index contributed by atoms with van der Waals surface area (Å²) in [7, 11) is 0. The fourth-order valence-electron chi connectivity index (χ4n) is 2.86. The van der Waals surface area contributed by atoms with Gasteiger partial charge in [-0.15, -0.1) is 0 Å². The van der Waals surface area contributed by atoms with Crippen molar-refractivity contribution in [3.05, 3.63) is 35.4 Å². The number of amides is 1. The Balaban J connectivity index is 1.65. The first-order valence-corrected chi connectivity index (χ1v) is 6.23. The van der Waals surface area contributed by atoms with Crippen LogP contribution >= 0.6 is 0 Å². The molecule has 1 unspecified atom stereocenters. The van der Waals surface area contributed by atoms with Crippen LogP contribution in [0.2, 0.25) is 0 Å². The first-order chi connectivity index (χ1) is 7.84. The van der Waals surface area contributed by atoms with Gasteiger partial charge >= 0.3 is 0 Å². The Hall–Kier alpha value is -1.31. The summed E-state index contributed by atoms with van der Waals surface area (Å²) in [5.74, 6) is 0.363. The lowest BCUT2D eigenvalue weighted by Gasteiger charge is -2.30. The van der Waals surface area contributed by atoms with Crippen molar-refractivity contribution in [1.82, 2.24) is 5.32 Å². The Kier molecular flexibility index (Phi) is 2.43. The molecule has 1 N–H and O–H groups in total. The van der Waals surface area contributed by atoms with Crippen molar-refractivity contribution in [3.63, 3.8) is 0 Å². The van der Waals surface area contributed by atoms with E-state index in [4.69, 9.17) is 0 Å². The van der Waals surface area contributed by atoms with Gasteiger partial charge < -0.3 is 5.32 Å². The van der Waals surface area contributed by atoms with Crippen LogP contribution in [0.1, 0.15) is 42.7 Å². The highest BCUT2D eigenvalue weighted by Crippen LogP contribution is 2.35. The van der Waals surface area contributed by atoms with E-state index in [0.29, 0.717) is 6.04 Å². The van der Waals surface area contributed by atoms with Crippen molar-refractivity contribution < 1.29 is 4.79 Å². The Morgan fingerprint density at radius 1 is 1.19 bits per heavy atom. The Morgan fingerprint density at radius 2 is 1.94 bits per heavy atom. The molecule has 1 fully saturated rings. The minimum absolute atomic E-state index is 0.122. The van der Waals surface area contributed by atoms with Crippen molar-refractivity contribution in [2.24, 2.45) is 0 Å². The van der Waals surface area contributed by atoms with Crippen LogP contribution in [0.4, 0.5) is 0 Å². The van der Waals surface area contributed by atoms with Crippen molar-refractivity contribution in [2.45, 2.75) is 44.1 Å². The molecule has 0 heterocycles. The van der Waals surface area contributed by atoms with Crippen molar-refractivity contribution in [1.29, 1.82) is 0 Å². The fourth-order valence-corrected chi connectivity index (χ4v) is 2.86. The first kappa shape index (κ1) is 9.88. The summed E-state index contributed by atoms with van der Waals surface area (Å²) in [6.07, 6.45) is 5.80. The molecule has 0 saturated heterocycles. The number of fused-ring (bicyclic) bond motifs is 1. The first-order valence-electron chi connectivity index (χ1n) is 6.23. The van der Waals surface area contributed by atoms with Gasteiger partial charge in [-0.25, -0.2) is 0 Å². The van der Waals surface area contributed by atoms with E-state index in [9.17, 15) is 4.79 Å². The quantitative estimate of drug-likeness (QED) is 0.806. The standard InChI is InChI=1S/C14H17NO/c16-14(15-11-6-2-3-7-11)13-9-10-5-1-4-8-12(10)13/h1,4-5,8,11,13H,2-3,6-7,9H2,(H,15,16). The Bertz CT molecular complexity index is 407.